The molecule has 0 saturated heterocycles. The molecule has 0 aromatic rings. The molecule has 19 heavy (non-hydrogen) atoms. The van der Waals surface area contributed by atoms with Crippen LogP contribution in [0.5, 0.6) is 0 Å². The Labute approximate surface area is 123 Å². The molecular formula is C14H29N3OS. The van der Waals surface area contributed by atoms with Gasteiger partial charge in [-0.15, -0.1) is 0 Å². The van der Waals surface area contributed by atoms with Gasteiger partial charge in [0.2, 0.25) is 5.91 Å². The van der Waals surface area contributed by atoms with E-state index in [1.165, 1.54) is 0 Å². The summed E-state index contributed by atoms with van der Waals surface area (Å²) in [6, 6.07) is 0. The van der Waals surface area contributed by atoms with Gasteiger partial charge in [-0.2, -0.15) is 0 Å². The van der Waals surface area contributed by atoms with E-state index in [0.29, 0.717) is 17.8 Å². The van der Waals surface area contributed by atoms with Crippen LogP contribution in [0.2, 0.25) is 0 Å². The first-order valence-electron chi connectivity index (χ1n) is 7.09. The fraction of sp³-hybridized carbons (Fsp3) is 0.857. The van der Waals surface area contributed by atoms with Crippen LogP contribution in [0.4, 0.5) is 0 Å². The first-order valence-corrected chi connectivity index (χ1v) is 7.50. The number of nitrogens with two attached hydrogens (primary N) is 1. The van der Waals surface area contributed by atoms with Crippen LogP contribution >= 0.6 is 12.2 Å². The third-order valence-electron chi connectivity index (χ3n) is 3.69. The van der Waals surface area contributed by atoms with Crippen molar-refractivity contribution in [3.05, 3.63) is 0 Å². The van der Waals surface area contributed by atoms with Crippen LogP contribution in [0.25, 0.3) is 0 Å². The lowest BCUT2D eigenvalue weighted by Gasteiger charge is -2.35. The maximum Gasteiger partial charge on any atom is 0.235 e. The zero-order valence-electron chi connectivity index (χ0n) is 13.0. The monoisotopic (exact) mass is 287 g/mol. The summed E-state index contributed by atoms with van der Waals surface area (Å²) < 4.78 is 0. The Hall–Kier alpha value is -0.680. The molecule has 0 unspecified atom stereocenters. The van der Waals surface area contributed by atoms with E-state index in [1.807, 2.05) is 32.8 Å². The van der Waals surface area contributed by atoms with Gasteiger partial charge >= 0.3 is 0 Å². The highest BCUT2D eigenvalue weighted by Crippen LogP contribution is 2.29. The van der Waals surface area contributed by atoms with Gasteiger partial charge in [-0.05, 0) is 33.4 Å². The van der Waals surface area contributed by atoms with E-state index in [2.05, 4.69) is 11.8 Å². The number of amides is 1. The van der Waals surface area contributed by atoms with Crippen molar-refractivity contribution in [2.24, 2.45) is 11.1 Å². The van der Waals surface area contributed by atoms with Crippen molar-refractivity contribution in [1.29, 1.82) is 0 Å². The smallest absolute Gasteiger partial charge is 0.235 e. The molecule has 0 atom stereocenters. The van der Waals surface area contributed by atoms with E-state index in [9.17, 15) is 4.79 Å². The van der Waals surface area contributed by atoms with Gasteiger partial charge in [-0.25, -0.2) is 0 Å². The van der Waals surface area contributed by atoms with Crippen LogP contribution < -0.4 is 5.73 Å². The van der Waals surface area contributed by atoms with Crippen LogP contribution in [-0.2, 0) is 4.79 Å². The Morgan fingerprint density at radius 1 is 1.11 bits per heavy atom. The average molecular weight is 287 g/mol. The fourth-order valence-corrected chi connectivity index (χ4v) is 2.59. The molecular weight excluding hydrogens is 258 g/mol. The van der Waals surface area contributed by atoms with Crippen molar-refractivity contribution >= 4 is 23.1 Å². The molecule has 0 aliphatic heterocycles. The molecule has 0 aliphatic carbocycles. The minimum atomic E-state index is -0.670. The van der Waals surface area contributed by atoms with E-state index in [4.69, 9.17) is 18.0 Å². The normalized spacial score (nSPS) is 11.7. The highest BCUT2D eigenvalue weighted by molar-refractivity contribution is 7.80. The Kier molecular flexibility index (Phi) is 8.18. The lowest BCUT2D eigenvalue weighted by atomic mass is 9.80. The number of rotatable bonds is 9. The predicted octanol–water partition coefficient (Wildman–Crippen LogP) is 1.88. The maximum absolute atomic E-state index is 12.8. The summed E-state index contributed by atoms with van der Waals surface area (Å²) >= 11 is 5.16. The van der Waals surface area contributed by atoms with Gasteiger partial charge in [0.05, 0.1) is 10.4 Å². The number of nitrogens with zero attached hydrogens (tertiary/aromatic N) is 2. The lowest BCUT2D eigenvalue weighted by molar-refractivity contribution is -0.138. The number of thiocarbonyl (C=S) groups is 1. The largest absolute Gasteiger partial charge is 0.392 e. The summed E-state index contributed by atoms with van der Waals surface area (Å²) in [5, 5.41) is 0. The molecule has 5 heteroatoms. The molecule has 4 nitrogen and oxygen atoms in total. The Morgan fingerprint density at radius 2 is 1.63 bits per heavy atom. The van der Waals surface area contributed by atoms with E-state index >= 15 is 0 Å². The minimum Gasteiger partial charge on any atom is -0.392 e. The summed E-state index contributed by atoms with van der Waals surface area (Å²) in [6.45, 7) is 8.39. The van der Waals surface area contributed by atoms with Gasteiger partial charge < -0.3 is 15.5 Å². The molecule has 112 valence electrons. The Balaban J connectivity index is 5.08. The van der Waals surface area contributed by atoms with E-state index < -0.39 is 5.41 Å². The van der Waals surface area contributed by atoms with Crippen molar-refractivity contribution in [3.63, 3.8) is 0 Å². The fourth-order valence-electron chi connectivity index (χ4n) is 2.21. The predicted molar refractivity (Wildman–Crippen MR) is 85.2 cm³/mol. The second-order valence-electron chi connectivity index (χ2n) is 5.25. The van der Waals surface area contributed by atoms with Gasteiger partial charge in [0.1, 0.15) is 0 Å². The number of carbonyl (C=O) groups excluding carboxylic acids is 1. The molecule has 0 heterocycles. The highest BCUT2D eigenvalue weighted by Gasteiger charge is 2.40. The van der Waals surface area contributed by atoms with Crippen LogP contribution in [-0.4, -0.2) is 54.4 Å². The molecule has 0 aromatic carbocycles. The van der Waals surface area contributed by atoms with Gasteiger partial charge in [0.15, 0.2) is 0 Å². The zero-order valence-corrected chi connectivity index (χ0v) is 13.8. The Morgan fingerprint density at radius 3 is 1.95 bits per heavy atom. The van der Waals surface area contributed by atoms with Gasteiger partial charge in [0.25, 0.3) is 0 Å². The number of carbonyl (C=O) groups is 1. The summed E-state index contributed by atoms with van der Waals surface area (Å²) in [5.74, 6) is 0.0914. The summed E-state index contributed by atoms with van der Waals surface area (Å²) in [7, 11) is 4.02. The summed E-state index contributed by atoms with van der Waals surface area (Å²) in [6.07, 6.45) is 2.28. The Bertz CT molecular complexity index is 301. The van der Waals surface area contributed by atoms with E-state index in [0.717, 1.165) is 26.1 Å². The third-order valence-corrected chi connectivity index (χ3v) is 4.08. The maximum atomic E-state index is 12.8. The molecule has 0 rings (SSSR count). The first kappa shape index (κ1) is 18.3. The van der Waals surface area contributed by atoms with Gasteiger partial charge in [-0.1, -0.05) is 33.0 Å². The molecule has 0 aromatic heterocycles. The summed E-state index contributed by atoms with van der Waals surface area (Å²) in [5.41, 5.74) is 5.19. The van der Waals surface area contributed by atoms with Crippen molar-refractivity contribution in [1.82, 2.24) is 9.80 Å². The molecule has 0 bridgehead atoms. The molecule has 0 fully saturated rings. The quantitative estimate of drug-likeness (QED) is 0.658. The SMILES string of the molecule is CCCN(CCN(C)C)C(=O)C(CC)(CC)C(N)=S. The van der Waals surface area contributed by atoms with E-state index in [1.54, 1.807) is 0 Å². The molecule has 0 radical (unpaired) electrons. The molecule has 0 aliphatic rings. The van der Waals surface area contributed by atoms with Gasteiger partial charge in [-0.3, -0.25) is 4.79 Å². The summed E-state index contributed by atoms with van der Waals surface area (Å²) in [4.78, 5) is 17.1. The average Bonchev–Trinajstić information content (AvgIpc) is 2.35. The lowest BCUT2D eigenvalue weighted by Crippen LogP contribution is -2.51. The minimum absolute atomic E-state index is 0.0914. The number of hydrogen-bond acceptors (Lipinski definition) is 3. The molecule has 1 amide bonds. The standard InChI is InChI=1S/C14H29N3OS/c1-6-9-17(11-10-16(4)5)13(18)14(7-2,8-3)12(15)19/h6-11H2,1-5H3,(H2,15,19). The zero-order chi connectivity index (χ0) is 15.1. The van der Waals surface area contributed by atoms with E-state index in [-0.39, 0.29) is 5.91 Å². The van der Waals surface area contributed by atoms with Crippen molar-refractivity contribution in [2.45, 2.75) is 40.0 Å². The van der Waals surface area contributed by atoms with Crippen molar-refractivity contribution in [3.8, 4) is 0 Å². The van der Waals surface area contributed by atoms with Crippen molar-refractivity contribution < 1.29 is 4.79 Å². The molecule has 2 N–H and O–H groups in total. The molecule has 0 saturated carbocycles. The van der Waals surface area contributed by atoms with Crippen LogP contribution in [0.15, 0.2) is 0 Å². The third kappa shape index (κ3) is 4.73. The second-order valence-corrected chi connectivity index (χ2v) is 5.69. The number of hydrogen-bond donors (Lipinski definition) is 1. The highest BCUT2D eigenvalue weighted by atomic mass is 32.1. The second kappa shape index (κ2) is 8.48. The van der Waals surface area contributed by atoms with Crippen LogP contribution in [0.3, 0.4) is 0 Å². The van der Waals surface area contributed by atoms with Gasteiger partial charge in [0, 0.05) is 19.6 Å². The molecule has 0 spiro atoms. The first-order chi connectivity index (χ1) is 8.85. The van der Waals surface area contributed by atoms with Crippen LogP contribution in [0, 0.1) is 5.41 Å². The van der Waals surface area contributed by atoms with Crippen molar-refractivity contribution in [2.75, 3.05) is 33.7 Å². The van der Waals surface area contributed by atoms with Crippen LogP contribution in [0.1, 0.15) is 40.0 Å². The number of likely N-dealkylation sites (N-methyl/N-ethyl adjacent to an activating group) is 1. The topological polar surface area (TPSA) is 49.6 Å².